The number of carbonyl (C=O) groups is 2. The summed E-state index contributed by atoms with van der Waals surface area (Å²) in [5, 5.41) is 2.84. The molecular formula is C23H29FN3O2+. The van der Waals surface area contributed by atoms with Gasteiger partial charge in [-0.15, -0.1) is 0 Å². The number of piperazine rings is 1. The molecule has 0 spiro atoms. The van der Waals surface area contributed by atoms with Crippen molar-refractivity contribution in [3.63, 3.8) is 0 Å². The lowest BCUT2D eigenvalue weighted by Gasteiger charge is -2.35. The van der Waals surface area contributed by atoms with E-state index < -0.39 is 11.9 Å². The molecule has 0 unspecified atom stereocenters. The van der Waals surface area contributed by atoms with E-state index in [9.17, 15) is 14.0 Å². The molecule has 1 fully saturated rings. The normalized spacial score (nSPS) is 15.9. The van der Waals surface area contributed by atoms with Gasteiger partial charge in [0.25, 0.3) is 5.91 Å². The molecule has 6 heteroatoms. The van der Waals surface area contributed by atoms with Crippen LogP contribution in [0.3, 0.4) is 0 Å². The number of quaternary nitrogens is 1. The van der Waals surface area contributed by atoms with E-state index in [1.165, 1.54) is 34.7 Å². The molecule has 0 aromatic heterocycles. The number of amides is 2. The Labute approximate surface area is 171 Å². The summed E-state index contributed by atoms with van der Waals surface area (Å²) in [6.07, 6.45) is 0. The average Bonchev–Trinajstić information content (AvgIpc) is 2.73. The van der Waals surface area contributed by atoms with E-state index >= 15 is 0 Å². The van der Waals surface area contributed by atoms with Gasteiger partial charge in [-0.1, -0.05) is 44.2 Å². The van der Waals surface area contributed by atoms with Crippen molar-refractivity contribution in [1.29, 1.82) is 0 Å². The van der Waals surface area contributed by atoms with E-state index in [1.807, 2.05) is 36.9 Å². The van der Waals surface area contributed by atoms with Crippen LogP contribution >= 0.6 is 0 Å². The molecule has 154 valence electrons. The zero-order chi connectivity index (χ0) is 20.8. The number of hydrogen-bond donors (Lipinski definition) is 2. The third-order valence-electron chi connectivity index (χ3n) is 5.40. The highest BCUT2D eigenvalue weighted by Crippen LogP contribution is 2.10. The van der Waals surface area contributed by atoms with E-state index in [-0.39, 0.29) is 17.7 Å². The molecule has 3 rings (SSSR count). The minimum atomic E-state index is -0.594. The first-order valence-corrected chi connectivity index (χ1v) is 10.2. The number of benzene rings is 2. The molecule has 29 heavy (non-hydrogen) atoms. The number of hydrogen-bond acceptors (Lipinski definition) is 2. The van der Waals surface area contributed by atoms with Crippen molar-refractivity contribution in [3.05, 3.63) is 71.5 Å². The summed E-state index contributed by atoms with van der Waals surface area (Å²) in [4.78, 5) is 28.9. The molecule has 1 heterocycles. The molecule has 1 aliphatic heterocycles. The number of halogens is 1. The van der Waals surface area contributed by atoms with E-state index in [0.29, 0.717) is 18.7 Å². The fourth-order valence-corrected chi connectivity index (χ4v) is 3.64. The lowest BCUT2D eigenvalue weighted by molar-refractivity contribution is -0.917. The summed E-state index contributed by atoms with van der Waals surface area (Å²) < 4.78 is 13.1. The Hall–Kier alpha value is -2.73. The Kier molecular flexibility index (Phi) is 6.99. The summed E-state index contributed by atoms with van der Waals surface area (Å²) in [6, 6.07) is 15.1. The van der Waals surface area contributed by atoms with Gasteiger partial charge in [0.2, 0.25) is 5.91 Å². The van der Waals surface area contributed by atoms with E-state index in [0.717, 1.165) is 19.6 Å². The molecule has 2 aromatic carbocycles. The van der Waals surface area contributed by atoms with Crippen LogP contribution in [0.15, 0.2) is 54.6 Å². The van der Waals surface area contributed by atoms with Crippen LogP contribution < -0.4 is 10.2 Å². The molecule has 0 radical (unpaired) electrons. The first-order valence-electron chi connectivity index (χ1n) is 10.2. The maximum atomic E-state index is 13.1. The second-order valence-electron chi connectivity index (χ2n) is 7.94. The molecule has 1 aliphatic rings. The fraction of sp³-hybridized carbons (Fsp3) is 0.391. The Bertz CT molecular complexity index is 816. The number of nitrogens with one attached hydrogen (secondary N) is 2. The Morgan fingerprint density at radius 1 is 1.03 bits per heavy atom. The van der Waals surface area contributed by atoms with Crippen LogP contribution in [0, 0.1) is 11.7 Å². The maximum Gasteiger partial charge on any atom is 0.251 e. The van der Waals surface area contributed by atoms with Crippen molar-refractivity contribution in [2.45, 2.75) is 26.4 Å². The molecule has 0 bridgehead atoms. The third kappa shape index (κ3) is 5.64. The highest BCUT2D eigenvalue weighted by Gasteiger charge is 2.32. The topological polar surface area (TPSA) is 53.9 Å². The SMILES string of the molecule is CC(C)[C@H](NC(=O)c1ccc(F)cc1)C(=O)N1CC[NH+](Cc2ccccc2)CC1. The predicted molar refractivity (Wildman–Crippen MR) is 110 cm³/mol. The van der Waals surface area contributed by atoms with Crippen LogP contribution in [0.25, 0.3) is 0 Å². The molecule has 5 nitrogen and oxygen atoms in total. The Balaban J connectivity index is 1.57. The quantitative estimate of drug-likeness (QED) is 0.775. The molecule has 2 N–H and O–H groups in total. The van der Waals surface area contributed by atoms with Crippen molar-refractivity contribution in [2.24, 2.45) is 5.92 Å². The monoisotopic (exact) mass is 398 g/mol. The Morgan fingerprint density at radius 2 is 1.66 bits per heavy atom. The highest BCUT2D eigenvalue weighted by molar-refractivity contribution is 5.97. The Morgan fingerprint density at radius 3 is 2.24 bits per heavy atom. The first-order chi connectivity index (χ1) is 13.9. The van der Waals surface area contributed by atoms with Gasteiger partial charge in [0.15, 0.2) is 0 Å². The second-order valence-corrected chi connectivity index (χ2v) is 7.94. The van der Waals surface area contributed by atoms with Gasteiger partial charge < -0.3 is 15.1 Å². The number of carbonyl (C=O) groups excluding carboxylic acids is 2. The van der Waals surface area contributed by atoms with Gasteiger partial charge in [0.1, 0.15) is 18.4 Å². The van der Waals surface area contributed by atoms with Gasteiger partial charge in [-0.2, -0.15) is 0 Å². The van der Waals surface area contributed by atoms with Gasteiger partial charge in [-0.3, -0.25) is 9.59 Å². The van der Waals surface area contributed by atoms with Crippen molar-refractivity contribution >= 4 is 11.8 Å². The highest BCUT2D eigenvalue weighted by atomic mass is 19.1. The smallest absolute Gasteiger partial charge is 0.251 e. The molecule has 0 saturated carbocycles. The van der Waals surface area contributed by atoms with Crippen LogP contribution in [0.4, 0.5) is 4.39 Å². The van der Waals surface area contributed by atoms with E-state index in [1.54, 1.807) is 0 Å². The minimum absolute atomic E-state index is 0.0402. The van der Waals surface area contributed by atoms with Crippen molar-refractivity contribution < 1.29 is 18.9 Å². The number of rotatable bonds is 6. The summed E-state index contributed by atoms with van der Waals surface area (Å²) in [5.41, 5.74) is 1.65. The number of nitrogens with zero attached hydrogens (tertiary/aromatic N) is 1. The average molecular weight is 399 g/mol. The molecule has 2 amide bonds. The standard InChI is InChI=1S/C23H28FN3O2/c1-17(2)21(25-22(28)19-8-10-20(24)11-9-19)23(29)27-14-12-26(13-15-27)16-18-6-4-3-5-7-18/h3-11,17,21H,12-16H2,1-2H3,(H,25,28)/p+1/t21-/m0/s1. The van der Waals surface area contributed by atoms with Gasteiger partial charge in [0, 0.05) is 11.1 Å². The van der Waals surface area contributed by atoms with Gasteiger partial charge in [-0.05, 0) is 30.2 Å². The molecular weight excluding hydrogens is 369 g/mol. The third-order valence-corrected chi connectivity index (χ3v) is 5.40. The maximum absolute atomic E-state index is 13.1. The molecule has 1 atom stereocenters. The summed E-state index contributed by atoms with van der Waals surface area (Å²) >= 11 is 0. The predicted octanol–water partition coefficient (Wildman–Crippen LogP) is 1.51. The van der Waals surface area contributed by atoms with E-state index in [4.69, 9.17) is 0 Å². The van der Waals surface area contributed by atoms with Crippen LogP contribution in [0.5, 0.6) is 0 Å². The second kappa shape index (κ2) is 9.65. The summed E-state index contributed by atoms with van der Waals surface area (Å²) in [7, 11) is 0. The largest absolute Gasteiger partial charge is 0.340 e. The van der Waals surface area contributed by atoms with Crippen LogP contribution in [-0.2, 0) is 11.3 Å². The van der Waals surface area contributed by atoms with Crippen molar-refractivity contribution in [1.82, 2.24) is 10.2 Å². The van der Waals surface area contributed by atoms with Crippen LogP contribution in [0.1, 0.15) is 29.8 Å². The first kappa shape index (κ1) is 21.0. The van der Waals surface area contributed by atoms with Gasteiger partial charge in [0.05, 0.1) is 26.2 Å². The zero-order valence-corrected chi connectivity index (χ0v) is 17.0. The molecule has 1 saturated heterocycles. The molecule has 0 aliphatic carbocycles. The lowest BCUT2D eigenvalue weighted by atomic mass is 10.0. The van der Waals surface area contributed by atoms with E-state index in [2.05, 4.69) is 17.4 Å². The zero-order valence-electron chi connectivity index (χ0n) is 17.0. The van der Waals surface area contributed by atoms with Crippen molar-refractivity contribution in [3.8, 4) is 0 Å². The lowest BCUT2D eigenvalue weighted by Crippen LogP contribution is -3.13. The van der Waals surface area contributed by atoms with Crippen molar-refractivity contribution in [2.75, 3.05) is 26.2 Å². The molecule has 2 aromatic rings. The van der Waals surface area contributed by atoms with Crippen LogP contribution in [0.2, 0.25) is 0 Å². The van der Waals surface area contributed by atoms with Gasteiger partial charge >= 0.3 is 0 Å². The summed E-state index contributed by atoms with van der Waals surface area (Å²) in [5.74, 6) is -0.838. The fourth-order valence-electron chi connectivity index (χ4n) is 3.64. The summed E-state index contributed by atoms with van der Waals surface area (Å²) in [6.45, 7) is 7.93. The van der Waals surface area contributed by atoms with Gasteiger partial charge in [-0.25, -0.2) is 4.39 Å². The van der Waals surface area contributed by atoms with Crippen LogP contribution in [-0.4, -0.2) is 48.9 Å². The minimum Gasteiger partial charge on any atom is -0.340 e.